The predicted octanol–water partition coefficient (Wildman–Crippen LogP) is 3.84. The maximum absolute atomic E-state index is 5.97. The molecule has 2 saturated carbocycles. The molecule has 2 unspecified atom stereocenters. The van der Waals surface area contributed by atoms with Crippen molar-refractivity contribution in [3.63, 3.8) is 0 Å². The van der Waals surface area contributed by atoms with Gasteiger partial charge in [-0.25, -0.2) is 15.0 Å². The first-order valence-electron chi connectivity index (χ1n) is 8.77. The number of H-pyrrole nitrogens is 1. The van der Waals surface area contributed by atoms with E-state index < -0.39 is 0 Å². The van der Waals surface area contributed by atoms with Crippen LogP contribution < -0.4 is 5.73 Å². The Bertz CT molecular complexity index is 630. The van der Waals surface area contributed by atoms with E-state index in [-0.39, 0.29) is 0 Å². The molecular formula is C17H25N5. The van der Waals surface area contributed by atoms with E-state index in [0.29, 0.717) is 17.8 Å². The second kappa shape index (κ2) is 5.52. The number of nitrogens with two attached hydrogens (primary N) is 1. The standard InChI is InChI=1S/C17H25N5/c1-2-3-4-10-5-6-12(9-10)13-14-16(22-17(18)20-13)21-15(19-14)11-7-8-11/h10-12H,2-9H2,1H3,(H3,18,19,20,21,22). The van der Waals surface area contributed by atoms with Gasteiger partial charge in [0.15, 0.2) is 11.8 Å². The van der Waals surface area contributed by atoms with Gasteiger partial charge in [0.25, 0.3) is 0 Å². The van der Waals surface area contributed by atoms with E-state index in [1.165, 1.54) is 51.4 Å². The van der Waals surface area contributed by atoms with Crippen molar-refractivity contribution in [3.8, 4) is 11.5 Å². The molecule has 0 aromatic rings. The lowest BCUT2D eigenvalue weighted by atomic mass is 9.96. The minimum atomic E-state index is 0.474. The Hall–Kier alpha value is -1.65. The minimum Gasteiger partial charge on any atom is -0.369 e. The van der Waals surface area contributed by atoms with E-state index in [4.69, 9.17) is 10.7 Å². The zero-order valence-electron chi connectivity index (χ0n) is 13.3. The van der Waals surface area contributed by atoms with E-state index in [1.807, 2.05) is 0 Å². The average molecular weight is 299 g/mol. The molecule has 2 aliphatic carbocycles. The van der Waals surface area contributed by atoms with Gasteiger partial charge in [0, 0.05) is 11.8 Å². The Kier molecular flexibility index (Phi) is 3.51. The highest BCUT2D eigenvalue weighted by molar-refractivity contribution is 5.58. The van der Waals surface area contributed by atoms with Crippen molar-refractivity contribution in [2.75, 3.05) is 5.73 Å². The van der Waals surface area contributed by atoms with Crippen LogP contribution >= 0.6 is 0 Å². The number of nitrogens with zero attached hydrogens (tertiary/aromatic N) is 3. The molecule has 0 amide bonds. The van der Waals surface area contributed by atoms with Crippen LogP contribution in [0.25, 0.3) is 11.5 Å². The van der Waals surface area contributed by atoms with E-state index >= 15 is 0 Å². The molecule has 2 fully saturated rings. The van der Waals surface area contributed by atoms with Crippen LogP contribution in [0.5, 0.6) is 0 Å². The van der Waals surface area contributed by atoms with Crippen LogP contribution in [0.1, 0.15) is 81.6 Å². The molecule has 3 N–H and O–H groups in total. The number of aromatic nitrogens is 4. The summed E-state index contributed by atoms with van der Waals surface area (Å²) < 4.78 is 0. The number of anilines is 1. The molecule has 4 aliphatic rings. The van der Waals surface area contributed by atoms with Crippen molar-refractivity contribution in [1.82, 2.24) is 19.9 Å². The van der Waals surface area contributed by atoms with E-state index in [1.54, 1.807) is 0 Å². The summed E-state index contributed by atoms with van der Waals surface area (Å²) in [6.07, 6.45) is 10.2. The van der Waals surface area contributed by atoms with Gasteiger partial charge in [-0.3, -0.25) is 0 Å². The lowest BCUT2D eigenvalue weighted by Crippen LogP contribution is -2.07. The topological polar surface area (TPSA) is 80.5 Å². The average Bonchev–Trinajstić information content (AvgIpc) is 3.10. The zero-order valence-corrected chi connectivity index (χ0v) is 13.3. The van der Waals surface area contributed by atoms with Crippen molar-refractivity contribution >= 4 is 5.95 Å². The van der Waals surface area contributed by atoms with Gasteiger partial charge in [0.05, 0.1) is 5.69 Å². The Balaban J connectivity index is 1.61. The molecule has 0 aromatic carbocycles. The number of nitrogens with one attached hydrogen (secondary N) is 1. The second-order valence-corrected chi connectivity index (χ2v) is 7.08. The number of imidazole rings is 1. The summed E-state index contributed by atoms with van der Waals surface area (Å²) >= 11 is 0. The van der Waals surface area contributed by atoms with Crippen molar-refractivity contribution < 1.29 is 0 Å². The second-order valence-electron chi connectivity index (χ2n) is 7.08. The molecule has 2 atom stereocenters. The van der Waals surface area contributed by atoms with E-state index in [2.05, 4.69) is 21.9 Å². The normalized spacial score (nSPS) is 25.1. The number of hydrogen-bond acceptors (Lipinski definition) is 4. The molecule has 0 radical (unpaired) electrons. The number of hydrogen-bond donors (Lipinski definition) is 2. The first-order valence-corrected chi connectivity index (χ1v) is 8.77. The van der Waals surface area contributed by atoms with Crippen LogP contribution in [-0.2, 0) is 0 Å². The summed E-state index contributed by atoms with van der Waals surface area (Å²) in [5, 5.41) is 0. The smallest absolute Gasteiger partial charge is 0.199 e. The Morgan fingerprint density at radius 2 is 1.91 bits per heavy atom. The highest BCUT2D eigenvalue weighted by Crippen LogP contribution is 2.44. The molecular weight excluding hydrogens is 274 g/mol. The Morgan fingerprint density at radius 3 is 2.68 bits per heavy atom. The van der Waals surface area contributed by atoms with Crippen LogP contribution in [0.15, 0.2) is 0 Å². The molecule has 22 heavy (non-hydrogen) atoms. The molecule has 0 bridgehead atoms. The van der Waals surface area contributed by atoms with Crippen molar-refractivity contribution in [2.45, 2.75) is 70.1 Å². The van der Waals surface area contributed by atoms with Crippen molar-refractivity contribution in [1.29, 1.82) is 0 Å². The van der Waals surface area contributed by atoms with Gasteiger partial charge < -0.3 is 10.7 Å². The first kappa shape index (κ1) is 14.0. The fraction of sp³-hybridized carbons (Fsp3) is 0.706. The van der Waals surface area contributed by atoms with Crippen LogP contribution in [0, 0.1) is 5.92 Å². The minimum absolute atomic E-state index is 0.474. The Labute approximate surface area is 131 Å². The van der Waals surface area contributed by atoms with Crippen molar-refractivity contribution in [2.24, 2.45) is 5.92 Å². The molecule has 5 heteroatoms. The maximum atomic E-state index is 5.97. The third kappa shape index (κ3) is 2.57. The molecule has 0 saturated heterocycles. The molecule has 2 heterocycles. The van der Waals surface area contributed by atoms with Gasteiger partial charge >= 0.3 is 0 Å². The van der Waals surface area contributed by atoms with Crippen LogP contribution in [0.3, 0.4) is 0 Å². The number of nitrogen functional groups attached to an aromatic ring is 1. The quantitative estimate of drug-likeness (QED) is 0.879. The number of aromatic amines is 1. The first-order chi connectivity index (χ1) is 10.7. The van der Waals surface area contributed by atoms with E-state index in [9.17, 15) is 0 Å². The van der Waals surface area contributed by atoms with Crippen LogP contribution in [0.2, 0.25) is 0 Å². The van der Waals surface area contributed by atoms with Gasteiger partial charge in [-0.2, -0.15) is 0 Å². The molecule has 0 aromatic heterocycles. The van der Waals surface area contributed by atoms with Gasteiger partial charge in [0.1, 0.15) is 11.5 Å². The van der Waals surface area contributed by atoms with Crippen molar-refractivity contribution in [3.05, 3.63) is 11.5 Å². The Morgan fingerprint density at radius 1 is 1.09 bits per heavy atom. The molecule has 4 rings (SSSR count). The van der Waals surface area contributed by atoms with Gasteiger partial charge in [-0.15, -0.1) is 0 Å². The summed E-state index contributed by atoms with van der Waals surface area (Å²) in [6, 6.07) is 0. The summed E-state index contributed by atoms with van der Waals surface area (Å²) in [5.41, 5.74) is 8.03. The van der Waals surface area contributed by atoms with E-state index in [0.717, 1.165) is 29.0 Å². The van der Waals surface area contributed by atoms with Gasteiger partial charge in [-0.05, 0) is 38.0 Å². The third-order valence-corrected chi connectivity index (χ3v) is 5.24. The van der Waals surface area contributed by atoms with Gasteiger partial charge in [0.2, 0.25) is 0 Å². The molecule has 2 aliphatic heterocycles. The SMILES string of the molecule is CCCCC1CCC(c2nc(N)[nH]c3nc(C4CC4)nc2-3)C1. The molecule has 0 spiro atoms. The third-order valence-electron chi connectivity index (χ3n) is 5.24. The summed E-state index contributed by atoms with van der Waals surface area (Å²) in [7, 11) is 0. The van der Waals surface area contributed by atoms with Crippen LogP contribution in [0.4, 0.5) is 5.95 Å². The number of fused-ring (bicyclic) bond motifs is 1. The lowest BCUT2D eigenvalue weighted by Gasteiger charge is -2.13. The van der Waals surface area contributed by atoms with Crippen LogP contribution in [-0.4, -0.2) is 19.9 Å². The summed E-state index contributed by atoms with van der Waals surface area (Å²) in [5.74, 6) is 4.21. The monoisotopic (exact) mass is 299 g/mol. The summed E-state index contributed by atoms with van der Waals surface area (Å²) in [4.78, 5) is 17.1. The zero-order chi connectivity index (χ0) is 15.1. The molecule has 118 valence electrons. The van der Waals surface area contributed by atoms with Gasteiger partial charge in [-0.1, -0.05) is 26.2 Å². The summed E-state index contributed by atoms with van der Waals surface area (Å²) in [6.45, 7) is 2.27. The molecule has 5 nitrogen and oxygen atoms in total. The lowest BCUT2D eigenvalue weighted by molar-refractivity contribution is 0.472. The fourth-order valence-corrected chi connectivity index (χ4v) is 3.84. The highest BCUT2D eigenvalue weighted by atomic mass is 15.1. The predicted molar refractivity (Wildman–Crippen MR) is 86.8 cm³/mol. The number of rotatable bonds is 5. The largest absolute Gasteiger partial charge is 0.369 e. The maximum Gasteiger partial charge on any atom is 0.199 e. The fourth-order valence-electron chi connectivity index (χ4n) is 3.84. The highest BCUT2D eigenvalue weighted by Gasteiger charge is 2.34. The number of unbranched alkanes of at least 4 members (excludes halogenated alkanes) is 1.